The number of aliphatic hydroxyl groups excluding tert-OH is 1. The normalized spacial score (nSPS) is 17.0. The number of pyridine rings is 1. The number of nitrogens with zero attached hydrogens (tertiary/aromatic N) is 2. The Bertz CT molecular complexity index is 1310. The lowest BCUT2D eigenvalue weighted by molar-refractivity contribution is -0.132. The first-order valence-electron chi connectivity index (χ1n) is 11.2. The molecule has 1 aliphatic heterocycles. The van der Waals surface area contributed by atoms with E-state index >= 15 is 0 Å². The van der Waals surface area contributed by atoms with Crippen LogP contribution in [0.4, 0.5) is 5.69 Å². The molecule has 7 nitrogen and oxygen atoms in total. The van der Waals surface area contributed by atoms with Crippen molar-refractivity contribution in [1.29, 1.82) is 0 Å². The minimum absolute atomic E-state index is 0.0625. The molecular weight excluding hydrogens is 468 g/mol. The summed E-state index contributed by atoms with van der Waals surface area (Å²) in [5, 5.41) is 11.9. The first kappa shape index (κ1) is 24.3. The van der Waals surface area contributed by atoms with Gasteiger partial charge in [0.2, 0.25) is 0 Å². The van der Waals surface area contributed by atoms with Crippen LogP contribution in [0.5, 0.6) is 11.5 Å². The number of hydrogen-bond acceptors (Lipinski definition) is 6. The molecule has 0 aliphatic carbocycles. The molecule has 180 valence electrons. The average molecular weight is 493 g/mol. The Labute approximate surface area is 208 Å². The highest BCUT2D eigenvalue weighted by Gasteiger charge is 2.47. The van der Waals surface area contributed by atoms with Crippen molar-refractivity contribution in [2.75, 3.05) is 18.1 Å². The zero-order valence-electron chi connectivity index (χ0n) is 19.6. The number of ketones is 1. The van der Waals surface area contributed by atoms with Crippen molar-refractivity contribution in [2.45, 2.75) is 26.8 Å². The number of aromatic nitrogens is 1. The number of rotatable bonds is 7. The average Bonchev–Trinajstić information content (AvgIpc) is 3.12. The van der Waals surface area contributed by atoms with Gasteiger partial charge >= 0.3 is 0 Å². The third-order valence-electron chi connectivity index (χ3n) is 5.76. The fourth-order valence-electron chi connectivity index (χ4n) is 4.17. The molecule has 0 spiro atoms. The maximum Gasteiger partial charge on any atom is 0.300 e. The van der Waals surface area contributed by atoms with Crippen LogP contribution in [0.1, 0.15) is 36.6 Å². The van der Waals surface area contributed by atoms with Crippen molar-refractivity contribution in [2.24, 2.45) is 0 Å². The molecule has 8 heteroatoms. The van der Waals surface area contributed by atoms with Gasteiger partial charge in [0.1, 0.15) is 17.3 Å². The molecule has 0 saturated carbocycles. The van der Waals surface area contributed by atoms with E-state index in [1.165, 1.54) is 4.90 Å². The summed E-state index contributed by atoms with van der Waals surface area (Å²) >= 11 is 6.34. The van der Waals surface area contributed by atoms with E-state index < -0.39 is 17.7 Å². The van der Waals surface area contributed by atoms with Crippen molar-refractivity contribution in [1.82, 2.24) is 4.98 Å². The van der Waals surface area contributed by atoms with Crippen LogP contribution in [0, 0.1) is 6.92 Å². The molecule has 1 aliphatic rings. The van der Waals surface area contributed by atoms with E-state index in [0.717, 1.165) is 0 Å². The number of amides is 1. The summed E-state index contributed by atoms with van der Waals surface area (Å²) in [7, 11) is 0. The standard InChI is InChI=1S/C27H25ClN2O5/c1-4-34-18-11-12-19(22(14-18)35-5-2)25(31)23-24(17-8-7-13-29-15-17)30(27(33)26(23)32)21-10-6-9-20(28)16(21)3/h6-15,24,31H,4-5H2,1-3H3/b25-23+. The van der Waals surface area contributed by atoms with Gasteiger partial charge in [0.05, 0.1) is 30.4 Å². The van der Waals surface area contributed by atoms with E-state index in [4.69, 9.17) is 21.1 Å². The first-order chi connectivity index (χ1) is 16.9. The van der Waals surface area contributed by atoms with E-state index in [2.05, 4.69) is 4.98 Å². The van der Waals surface area contributed by atoms with Gasteiger partial charge in [-0.1, -0.05) is 23.7 Å². The maximum absolute atomic E-state index is 13.4. The molecule has 1 amide bonds. The zero-order chi connectivity index (χ0) is 25.1. The lowest BCUT2D eigenvalue weighted by Crippen LogP contribution is -2.30. The van der Waals surface area contributed by atoms with Gasteiger partial charge in [0.25, 0.3) is 11.7 Å². The van der Waals surface area contributed by atoms with Crippen LogP contribution >= 0.6 is 11.6 Å². The highest BCUT2D eigenvalue weighted by molar-refractivity contribution is 6.52. The number of ether oxygens (including phenoxy) is 2. The molecule has 3 aromatic rings. The molecule has 1 unspecified atom stereocenters. The fourth-order valence-corrected chi connectivity index (χ4v) is 4.34. The number of halogens is 1. The molecule has 0 bridgehead atoms. The molecule has 1 N–H and O–H groups in total. The summed E-state index contributed by atoms with van der Waals surface area (Å²) in [6.45, 7) is 6.24. The van der Waals surface area contributed by atoms with E-state index in [-0.39, 0.29) is 16.9 Å². The summed E-state index contributed by atoms with van der Waals surface area (Å²) in [6.07, 6.45) is 3.16. The number of carbonyl (C=O) groups excluding carboxylic acids is 2. The van der Waals surface area contributed by atoms with Gasteiger partial charge in [-0.3, -0.25) is 19.5 Å². The first-order valence-corrected chi connectivity index (χ1v) is 11.6. The summed E-state index contributed by atoms with van der Waals surface area (Å²) in [5.41, 5.74) is 1.90. The molecule has 35 heavy (non-hydrogen) atoms. The second-order valence-electron chi connectivity index (χ2n) is 7.86. The van der Waals surface area contributed by atoms with Gasteiger partial charge in [-0.15, -0.1) is 0 Å². The Balaban J connectivity index is 1.96. The number of Topliss-reactive ketones (excluding diaryl/α,β-unsaturated/α-hetero) is 1. The minimum atomic E-state index is -0.915. The quantitative estimate of drug-likeness (QED) is 0.267. The third-order valence-corrected chi connectivity index (χ3v) is 6.17. The zero-order valence-corrected chi connectivity index (χ0v) is 20.4. The highest BCUT2D eigenvalue weighted by Crippen LogP contribution is 2.45. The van der Waals surface area contributed by atoms with E-state index in [0.29, 0.717) is 46.5 Å². The van der Waals surface area contributed by atoms with Gasteiger partial charge in [-0.2, -0.15) is 0 Å². The van der Waals surface area contributed by atoms with E-state index in [1.54, 1.807) is 67.8 Å². The van der Waals surface area contributed by atoms with Crippen LogP contribution in [-0.4, -0.2) is 35.0 Å². The lowest BCUT2D eigenvalue weighted by Gasteiger charge is -2.27. The van der Waals surface area contributed by atoms with Crippen LogP contribution in [-0.2, 0) is 9.59 Å². The highest BCUT2D eigenvalue weighted by atomic mass is 35.5. The fraction of sp³-hybridized carbons (Fsp3) is 0.222. The summed E-state index contributed by atoms with van der Waals surface area (Å²) < 4.78 is 11.3. The molecule has 1 aromatic heterocycles. The van der Waals surface area contributed by atoms with Crippen molar-refractivity contribution in [3.8, 4) is 11.5 Å². The molecule has 2 aromatic carbocycles. The van der Waals surface area contributed by atoms with Crippen molar-refractivity contribution in [3.63, 3.8) is 0 Å². The largest absolute Gasteiger partial charge is 0.507 e. The number of carbonyl (C=O) groups is 2. The van der Waals surface area contributed by atoms with Crippen molar-refractivity contribution in [3.05, 3.63) is 88.2 Å². The van der Waals surface area contributed by atoms with E-state index in [1.807, 2.05) is 13.8 Å². The Morgan fingerprint density at radius 2 is 1.86 bits per heavy atom. The Hall–Kier alpha value is -3.84. The second-order valence-corrected chi connectivity index (χ2v) is 8.27. The van der Waals surface area contributed by atoms with Crippen LogP contribution in [0.25, 0.3) is 5.76 Å². The Morgan fingerprint density at radius 3 is 2.54 bits per heavy atom. The molecular formula is C27H25ClN2O5. The topological polar surface area (TPSA) is 89.0 Å². The number of benzene rings is 2. The van der Waals surface area contributed by atoms with Crippen LogP contribution in [0.3, 0.4) is 0 Å². The summed E-state index contributed by atoms with van der Waals surface area (Å²) in [4.78, 5) is 32.3. The smallest absolute Gasteiger partial charge is 0.300 e. The van der Waals surface area contributed by atoms with Crippen LogP contribution in [0.2, 0.25) is 5.02 Å². The molecule has 1 saturated heterocycles. The predicted octanol–water partition coefficient (Wildman–Crippen LogP) is 5.47. The maximum atomic E-state index is 13.4. The van der Waals surface area contributed by atoms with Crippen LogP contribution < -0.4 is 14.4 Å². The Morgan fingerprint density at radius 1 is 1.09 bits per heavy atom. The summed E-state index contributed by atoms with van der Waals surface area (Å²) in [6, 6.07) is 12.6. The minimum Gasteiger partial charge on any atom is -0.507 e. The Kier molecular flexibility index (Phi) is 7.07. The van der Waals surface area contributed by atoms with Crippen molar-refractivity contribution < 1.29 is 24.2 Å². The molecule has 1 fully saturated rings. The third kappa shape index (κ3) is 4.47. The molecule has 4 rings (SSSR count). The number of hydrogen-bond donors (Lipinski definition) is 1. The summed E-state index contributed by atoms with van der Waals surface area (Å²) in [5.74, 6) is -1.02. The number of anilines is 1. The van der Waals surface area contributed by atoms with Gasteiger partial charge in [0.15, 0.2) is 0 Å². The number of aliphatic hydroxyl groups is 1. The van der Waals surface area contributed by atoms with Gasteiger partial charge in [0, 0.05) is 29.2 Å². The van der Waals surface area contributed by atoms with Gasteiger partial charge < -0.3 is 14.6 Å². The van der Waals surface area contributed by atoms with Crippen molar-refractivity contribution >= 4 is 34.7 Å². The lowest BCUT2D eigenvalue weighted by atomic mass is 9.95. The monoisotopic (exact) mass is 492 g/mol. The predicted molar refractivity (Wildman–Crippen MR) is 134 cm³/mol. The van der Waals surface area contributed by atoms with Gasteiger partial charge in [-0.05, 0) is 62.2 Å². The SMILES string of the molecule is CCOc1ccc(/C(O)=C2\C(=O)C(=O)N(c3cccc(Cl)c3C)C2c2cccnc2)c(OCC)c1. The second kappa shape index (κ2) is 10.2. The molecule has 2 heterocycles. The van der Waals surface area contributed by atoms with Gasteiger partial charge in [-0.25, -0.2) is 0 Å². The molecule has 0 radical (unpaired) electrons. The molecule has 1 atom stereocenters. The van der Waals surface area contributed by atoms with Crippen LogP contribution in [0.15, 0.2) is 66.5 Å². The van der Waals surface area contributed by atoms with E-state index in [9.17, 15) is 14.7 Å².